The molecular formula is C30H35N5O2. The van der Waals surface area contributed by atoms with Crippen molar-refractivity contribution in [3.63, 3.8) is 0 Å². The van der Waals surface area contributed by atoms with Crippen molar-refractivity contribution in [2.45, 2.75) is 83.6 Å². The molecule has 0 aliphatic carbocycles. The summed E-state index contributed by atoms with van der Waals surface area (Å²) in [4.78, 5) is 31.5. The lowest BCUT2D eigenvalue weighted by Crippen LogP contribution is -2.62. The van der Waals surface area contributed by atoms with Crippen LogP contribution in [0.1, 0.15) is 52.5 Å². The van der Waals surface area contributed by atoms with E-state index in [9.17, 15) is 9.59 Å². The number of hydrogen-bond acceptors (Lipinski definition) is 4. The number of piperidine rings is 1. The molecule has 1 fully saturated rings. The van der Waals surface area contributed by atoms with Crippen molar-refractivity contribution < 1.29 is 4.79 Å². The standard InChI is InChI=1S/C30H35N5O2/c1-29(2)17-19(18-30(3,4)33-29)31-25(36)14-16-34-24-12-8-6-9-20(24)21-13-15-35-27(26(21)34)32-23-11-7-5-10-22(23)28(35)37/h5-12,19,33H,13-18H2,1-4H3,(H,31,36). The smallest absolute Gasteiger partial charge is 0.261 e. The predicted molar refractivity (Wildman–Crippen MR) is 148 cm³/mol. The molecule has 0 unspecified atom stereocenters. The highest BCUT2D eigenvalue weighted by atomic mass is 16.1. The summed E-state index contributed by atoms with van der Waals surface area (Å²) in [5, 5.41) is 8.81. The number of para-hydroxylation sites is 2. The summed E-state index contributed by atoms with van der Waals surface area (Å²) in [6.07, 6.45) is 2.93. The Balaban J connectivity index is 1.35. The van der Waals surface area contributed by atoms with Crippen molar-refractivity contribution in [2.75, 3.05) is 0 Å². The van der Waals surface area contributed by atoms with Gasteiger partial charge in [0.2, 0.25) is 5.91 Å². The minimum atomic E-state index is -0.0270. The number of aryl methyl sites for hydroxylation is 2. The van der Waals surface area contributed by atoms with Crippen molar-refractivity contribution in [3.8, 4) is 11.5 Å². The van der Waals surface area contributed by atoms with E-state index in [2.05, 4.69) is 61.1 Å². The van der Waals surface area contributed by atoms with E-state index in [1.54, 1.807) is 4.57 Å². The first-order valence-electron chi connectivity index (χ1n) is 13.3. The van der Waals surface area contributed by atoms with E-state index in [0.29, 0.717) is 36.2 Å². The Morgan fingerprint density at radius 2 is 1.70 bits per heavy atom. The number of benzene rings is 2. The summed E-state index contributed by atoms with van der Waals surface area (Å²) in [6.45, 7) is 9.92. The normalized spacial score (nSPS) is 18.5. The van der Waals surface area contributed by atoms with Gasteiger partial charge >= 0.3 is 0 Å². The van der Waals surface area contributed by atoms with Crippen LogP contribution in [-0.2, 0) is 24.3 Å². The molecule has 4 aromatic rings. The van der Waals surface area contributed by atoms with Crippen molar-refractivity contribution in [1.82, 2.24) is 24.8 Å². The maximum Gasteiger partial charge on any atom is 0.261 e. The first-order chi connectivity index (χ1) is 17.6. The Morgan fingerprint density at radius 3 is 2.46 bits per heavy atom. The van der Waals surface area contributed by atoms with Crippen LogP contribution in [0.2, 0.25) is 0 Å². The van der Waals surface area contributed by atoms with Crippen LogP contribution in [0, 0.1) is 0 Å². The lowest BCUT2D eigenvalue weighted by Gasteiger charge is -2.46. The summed E-state index contributed by atoms with van der Waals surface area (Å²) in [5.74, 6) is 0.758. The fourth-order valence-electron chi connectivity index (χ4n) is 6.83. The van der Waals surface area contributed by atoms with Crippen LogP contribution >= 0.6 is 0 Å². The molecule has 7 nitrogen and oxygen atoms in total. The van der Waals surface area contributed by atoms with Gasteiger partial charge in [-0.2, -0.15) is 0 Å². The number of aromatic nitrogens is 3. The molecule has 2 aromatic heterocycles. The van der Waals surface area contributed by atoms with Gasteiger partial charge in [0, 0.05) is 47.5 Å². The third-order valence-electron chi connectivity index (χ3n) is 7.85. The van der Waals surface area contributed by atoms with Gasteiger partial charge in [-0.3, -0.25) is 14.2 Å². The Morgan fingerprint density at radius 1 is 1.03 bits per heavy atom. The number of hydrogen-bond donors (Lipinski definition) is 2. The molecule has 192 valence electrons. The molecule has 37 heavy (non-hydrogen) atoms. The van der Waals surface area contributed by atoms with Crippen molar-refractivity contribution in [2.24, 2.45) is 0 Å². The van der Waals surface area contributed by atoms with E-state index >= 15 is 0 Å². The Kier molecular flexibility index (Phi) is 5.53. The molecule has 1 amide bonds. The molecule has 1 saturated heterocycles. The third kappa shape index (κ3) is 4.25. The van der Waals surface area contributed by atoms with Gasteiger partial charge in [0.1, 0.15) is 0 Å². The fraction of sp³-hybridized carbons (Fsp3) is 0.433. The first kappa shape index (κ1) is 23.9. The van der Waals surface area contributed by atoms with Crippen LogP contribution < -0.4 is 16.2 Å². The lowest BCUT2D eigenvalue weighted by atomic mass is 9.79. The molecule has 2 aliphatic rings. The van der Waals surface area contributed by atoms with Crippen LogP contribution in [0.25, 0.3) is 33.3 Å². The number of carbonyl (C=O) groups is 1. The zero-order chi connectivity index (χ0) is 25.9. The van der Waals surface area contributed by atoms with E-state index in [1.165, 1.54) is 10.9 Å². The maximum absolute atomic E-state index is 13.3. The zero-order valence-corrected chi connectivity index (χ0v) is 22.1. The highest BCUT2D eigenvalue weighted by Crippen LogP contribution is 2.37. The number of fused-ring (bicyclic) bond motifs is 6. The van der Waals surface area contributed by atoms with Gasteiger partial charge in [0.15, 0.2) is 5.82 Å². The SMILES string of the molecule is CC1(C)CC(NC(=O)CCn2c3c(c4ccccc42)CCn2c-3nc3ccccc3c2=O)CC(C)(C)N1. The van der Waals surface area contributed by atoms with Crippen molar-refractivity contribution >= 4 is 27.7 Å². The molecule has 6 rings (SSSR count). The molecule has 2 aromatic carbocycles. The average Bonchev–Trinajstić information content (AvgIpc) is 3.15. The molecule has 0 saturated carbocycles. The zero-order valence-electron chi connectivity index (χ0n) is 22.1. The second kappa shape index (κ2) is 8.55. The minimum Gasteiger partial charge on any atom is -0.353 e. The molecular weight excluding hydrogens is 462 g/mol. The molecule has 2 N–H and O–H groups in total. The van der Waals surface area contributed by atoms with Gasteiger partial charge in [-0.25, -0.2) is 4.98 Å². The van der Waals surface area contributed by atoms with Crippen LogP contribution in [-0.4, -0.2) is 37.1 Å². The van der Waals surface area contributed by atoms with Crippen LogP contribution in [0.5, 0.6) is 0 Å². The van der Waals surface area contributed by atoms with Crippen LogP contribution in [0.15, 0.2) is 53.3 Å². The van der Waals surface area contributed by atoms with Gasteiger partial charge in [-0.15, -0.1) is 0 Å². The molecule has 0 spiro atoms. The minimum absolute atomic E-state index is 0.00284. The van der Waals surface area contributed by atoms with Gasteiger partial charge in [-0.1, -0.05) is 30.3 Å². The van der Waals surface area contributed by atoms with Crippen LogP contribution in [0.3, 0.4) is 0 Å². The van der Waals surface area contributed by atoms with E-state index in [1.807, 2.05) is 30.3 Å². The number of carbonyl (C=O) groups excluding carboxylic acids is 1. The Hall–Kier alpha value is -3.45. The monoisotopic (exact) mass is 497 g/mol. The second-order valence-corrected chi connectivity index (χ2v) is 12.0. The average molecular weight is 498 g/mol. The molecule has 7 heteroatoms. The Labute approximate surface area is 216 Å². The quantitative estimate of drug-likeness (QED) is 0.438. The number of amides is 1. The molecule has 4 heterocycles. The summed E-state index contributed by atoms with van der Waals surface area (Å²) < 4.78 is 4.01. The van der Waals surface area contributed by atoms with E-state index in [4.69, 9.17) is 4.98 Å². The lowest BCUT2D eigenvalue weighted by molar-refractivity contribution is -0.122. The van der Waals surface area contributed by atoms with Gasteiger partial charge in [0.05, 0.1) is 16.6 Å². The molecule has 0 atom stereocenters. The second-order valence-electron chi connectivity index (χ2n) is 12.0. The summed E-state index contributed by atoms with van der Waals surface area (Å²) in [6, 6.07) is 16.0. The molecule has 2 aliphatic heterocycles. The number of nitrogens with zero attached hydrogens (tertiary/aromatic N) is 3. The van der Waals surface area contributed by atoms with Crippen molar-refractivity contribution in [3.05, 3.63) is 64.4 Å². The van der Waals surface area contributed by atoms with Crippen molar-refractivity contribution in [1.29, 1.82) is 0 Å². The van der Waals surface area contributed by atoms with Gasteiger partial charge < -0.3 is 15.2 Å². The van der Waals surface area contributed by atoms with E-state index < -0.39 is 0 Å². The Bertz CT molecular complexity index is 1580. The predicted octanol–water partition coefficient (Wildman–Crippen LogP) is 4.39. The third-order valence-corrected chi connectivity index (χ3v) is 7.85. The largest absolute Gasteiger partial charge is 0.353 e. The summed E-state index contributed by atoms with van der Waals surface area (Å²) >= 11 is 0. The number of rotatable bonds is 4. The summed E-state index contributed by atoms with van der Waals surface area (Å²) in [7, 11) is 0. The highest BCUT2D eigenvalue weighted by Gasteiger charge is 2.38. The highest BCUT2D eigenvalue weighted by molar-refractivity contribution is 5.92. The van der Waals surface area contributed by atoms with Gasteiger partial charge in [-0.05, 0) is 70.7 Å². The fourth-order valence-corrected chi connectivity index (χ4v) is 6.83. The van der Waals surface area contributed by atoms with Gasteiger partial charge in [0.25, 0.3) is 5.56 Å². The summed E-state index contributed by atoms with van der Waals surface area (Å²) in [5.41, 5.74) is 3.91. The maximum atomic E-state index is 13.3. The van der Waals surface area contributed by atoms with E-state index in [-0.39, 0.29) is 28.6 Å². The van der Waals surface area contributed by atoms with Crippen LogP contribution in [0.4, 0.5) is 0 Å². The first-order valence-corrected chi connectivity index (χ1v) is 13.3. The topological polar surface area (TPSA) is 81.0 Å². The molecule has 0 radical (unpaired) electrons. The van der Waals surface area contributed by atoms with E-state index in [0.717, 1.165) is 30.5 Å². The molecule has 0 bridgehead atoms. The number of nitrogens with one attached hydrogen (secondary N) is 2.